The number of hydrogen-bond donors (Lipinski definition) is 1. The third-order valence-electron chi connectivity index (χ3n) is 0.802. The third kappa shape index (κ3) is 9.72. The number of aliphatic hydroxyl groups excluding tert-OH is 1. The second-order valence-electron chi connectivity index (χ2n) is 1.49. The first kappa shape index (κ1) is 11.3. The molecule has 0 heterocycles. The van der Waals surface area contributed by atoms with Gasteiger partial charge in [0.2, 0.25) is 0 Å². The van der Waals surface area contributed by atoms with Crippen LogP contribution in [0.4, 0.5) is 0 Å². The number of hydrogen-bond acceptors (Lipinski definition) is 2. The topological polar surface area (TPSA) is 43.3 Å². The van der Waals surface area contributed by atoms with E-state index in [2.05, 4.69) is 0 Å². The standard InChI is InChI=1S/C5H11O2.Li/c6-4-2-1-3-5-7;/h6H,1-5H2;/q-1;+1. The Balaban J connectivity index is 0. The summed E-state index contributed by atoms with van der Waals surface area (Å²) in [6.07, 6.45) is 2.36. The summed E-state index contributed by atoms with van der Waals surface area (Å²) in [6, 6.07) is 0. The third-order valence-corrected chi connectivity index (χ3v) is 0.802. The maximum atomic E-state index is 9.72. The Kier molecular flexibility index (Phi) is 14.9. The molecule has 0 aromatic carbocycles. The molecular formula is C5H11LiO2. The Bertz CT molecular complexity index is 29.6. The first-order valence-electron chi connectivity index (χ1n) is 2.60. The molecule has 8 heavy (non-hydrogen) atoms. The molecule has 0 fully saturated rings. The van der Waals surface area contributed by atoms with E-state index in [1.54, 1.807) is 0 Å². The van der Waals surface area contributed by atoms with Crippen molar-refractivity contribution in [2.75, 3.05) is 13.2 Å². The molecule has 0 rings (SSSR count). The van der Waals surface area contributed by atoms with Crippen molar-refractivity contribution in [1.82, 2.24) is 0 Å². The van der Waals surface area contributed by atoms with E-state index in [1.807, 2.05) is 0 Å². The van der Waals surface area contributed by atoms with Crippen LogP contribution in [-0.4, -0.2) is 18.3 Å². The van der Waals surface area contributed by atoms with Crippen LogP contribution in [0, 0.1) is 0 Å². The summed E-state index contributed by atoms with van der Waals surface area (Å²) in [7, 11) is 0. The molecule has 44 valence electrons. The van der Waals surface area contributed by atoms with Crippen LogP contribution < -0.4 is 24.0 Å². The Morgan fingerprint density at radius 3 is 2.12 bits per heavy atom. The zero-order valence-corrected chi connectivity index (χ0v) is 5.39. The Hall–Kier alpha value is 0.517. The van der Waals surface area contributed by atoms with Gasteiger partial charge in [0.05, 0.1) is 0 Å². The molecule has 0 radical (unpaired) electrons. The fraction of sp³-hybridized carbons (Fsp3) is 1.00. The van der Waals surface area contributed by atoms with E-state index < -0.39 is 0 Å². The van der Waals surface area contributed by atoms with Crippen molar-refractivity contribution in [3.63, 3.8) is 0 Å². The van der Waals surface area contributed by atoms with Crippen molar-refractivity contribution in [2.24, 2.45) is 0 Å². The van der Waals surface area contributed by atoms with Crippen LogP contribution in [0.25, 0.3) is 0 Å². The summed E-state index contributed by atoms with van der Waals surface area (Å²) < 4.78 is 0. The van der Waals surface area contributed by atoms with E-state index in [9.17, 15) is 5.11 Å². The fourth-order valence-electron chi connectivity index (χ4n) is 0.391. The Labute approximate surface area is 62.1 Å². The molecule has 0 amide bonds. The van der Waals surface area contributed by atoms with Gasteiger partial charge in [-0.15, -0.1) is 6.61 Å². The van der Waals surface area contributed by atoms with Crippen LogP contribution in [0.5, 0.6) is 0 Å². The average molecular weight is 110 g/mol. The van der Waals surface area contributed by atoms with Gasteiger partial charge in [-0.1, -0.05) is 12.8 Å². The predicted molar refractivity (Wildman–Crippen MR) is 25.8 cm³/mol. The van der Waals surface area contributed by atoms with Crippen LogP contribution in [-0.2, 0) is 0 Å². The molecule has 0 saturated heterocycles. The molecule has 0 aromatic heterocycles. The van der Waals surface area contributed by atoms with Gasteiger partial charge in [0.15, 0.2) is 0 Å². The van der Waals surface area contributed by atoms with E-state index in [4.69, 9.17) is 5.11 Å². The molecule has 0 spiro atoms. The van der Waals surface area contributed by atoms with Crippen molar-refractivity contribution in [1.29, 1.82) is 0 Å². The second kappa shape index (κ2) is 10.5. The predicted octanol–water partition coefficient (Wildman–Crippen LogP) is -3.49. The molecule has 0 atom stereocenters. The van der Waals surface area contributed by atoms with Gasteiger partial charge in [0, 0.05) is 6.61 Å². The van der Waals surface area contributed by atoms with Gasteiger partial charge in [-0.2, -0.15) is 0 Å². The van der Waals surface area contributed by atoms with Gasteiger partial charge in [-0.05, 0) is 6.42 Å². The van der Waals surface area contributed by atoms with E-state index in [1.165, 1.54) is 0 Å². The van der Waals surface area contributed by atoms with Crippen LogP contribution in [0.2, 0.25) is 0 Å². The van der Waals surface area contributed by atoms with Crippen molar-refractivity contribution in [2.45, 2.75) is 19.3 Å². The van der Waals surface area contributed by atoms with Crippen molar-refractivity contribution >= 4 is 0 Å². The molecule has 0 bridgehead atoms. The quantitative estimate of drug-likeness (QED) is 0.301. The molecular weight excluding hydrogens is 99.0 g/mol. The molecule has 0 aromatic rings. The van der Waals surface area contributed by atoms with Gasteiger partial charge in [0.25, 0.3) is 0 Å². The van der Waals surface area contributed by atoms with Crippen molar-refractivity contribution < 1.29 is 29.1 Å². The maximum Gasteiger partial charge on any atom is 1.00 e. The van der Waals surface area contributed by atoms with Gasteiger partial charge < -0.3 is 10.2 Å². The summed E-state index contributed by atoms with van der Waals surface area (Å²) in [4.78, 5) is 0. The number of aliphatic hydroxyl groups is 1. The molecule has 3 heteroatoms. The summed E-state index contributed by atoms with van der Waals surface area (Å²) in [5.41, 5.74) is 0. The SMILES string of the molecule is [Li+].[O-]CCCCCO. The normalized spacial score (nSPS) is 8.25. The average Bonchev–Trinajstić information content (AvgIpc) is 1.69. The zero-order valence-electron chi connectivity index (χ0n) is 5.39. The van der Waals surface area contributed by atoms with Crippen molar-refractivity contribution in [3.8, 4) is 0 Å². The fourth-order valence-corrected chi connectivity index (χ4v) is 0.391. The van der Waals surface area contributed by atoms with E-state index >= 15 is 0 Å². The Morgan fingerprint density at radius 2 is 1.75 bits per heavy atom. The minimum atomic E-state index is 0. The minimum absolute atomic E-state index is 0. The van der Waals surface area contributed by atoms with Gasteiger partial charge in [-0.25, -0.2) is 0 Å². The summed E-state index contributed by atoms with van der Waals surface area (Å²) in [6.45, 7) is 0.222. The first-order valence-corrected chi connectivity index (χ1v) is 2.60. The molecule has 0 saturated carbocycles. The number of rotatable bonds is 4. The van der Waals surface area contributed by atoms with Gasteiger partial charge in [0.1, 0.15) is 0 Å². The Morgan fingerprint density at radius 1 is 1.12 bits per heavy atom. The van der Waals surface area contributed by atoms with Crippen molar-refractivity contribution in [3.05, 3.63) is 0 Å². The van der Waals surface area contributed by atoms with E-state index in [0.29, 0.717) is 6.42 Å². The van der Waals surface area contributed by atoms with Gasteiger partial charge >= 0.3 is 18.9 Å². The maximum absolute atomic E-state index is 9.72. The minimum Gasteiger partial charge on any atom is -0.854 e. The van der Waals surface area contributed by atoms with Crippen LogP contribution >= 0.6 is 0 Å². The zero-order chi connectivity index (χ0) is 5.54. The smallest absolute Gasteiger partial charge is 0.854 e. The summed E-state index contributed by atoms with van der Waals surface area (Å²) in [5, 5.41) is 17.9. The molecule has 2 nitrogen and oxygen atoms in total. The molecule has 0 aliphatic carbocycles. The molecule has 0 unspecified atom stereocenters. The van der Waals surface area contributed by atoms with Crippen LogP contribution in [0.3, 0.4) is 0 Å². The van der Waals surface area contributed by atoms with Crippen LogP contribution in [0.15, 0.2) is 0 Å². The largest absolute Gasteiger partial charge is 1.00 e. The summed E-state index contributed by atoms with van der Waals surface area (Å²) >= 11 is 0. The first-order chi connectivity index (χ1) is 3.41. The second-order valence-corrected chi connectivity index (χ2v) is 1.49. The summed E-state index contributed by atoms with van der Waals surface area (Å²) in [5.74, 6) is 0. The molecule has 0 aliphatic heterocycles. The monoisotopic (exact) mass is 110 g/mol. The number of unbranched alkanes of at least 4 members (excludes halogenated alkanes) is 2. The molecule has 0 aliphatic rings. The van der Waals surface area contributed by atoms with E-state index in [-0.39, 0.29) is 32.1 Å². The van der Waals surface area contributed by atoms with Crippen LogP contribution in [0.1, 0.15) is 19.3 Å². The molecule has 1 N–H and O–H groups in total. The van der Waals surface area contributed by atoms with Gasteiger partial charge in [-0.3, -0.25) is 0 Å². The van der Waals surface area contributed by atoms with E-state index in [0.717, 1.165) is 12.8 Å².